The van der Waals surface area contributed by atoms with Crippen LogP contribution in [0.5, 0.6) is 0 Å². The van der Waals surface area contributed by atoms with Crippen molar-refractivity contribution in [2.24, 2.45) is 5.41 Å². The lowest BCUT2D eigenvalue weighted by Gasteiger charge is -2.18. The Balaban J connectivity index is 2.91. The third-order valence-electron chi connectivity index (χ3n) is 2.45. The second-order valence-electron chi connectivity index (χ2n) is 5.41. The van der Waals surface area contributed by atoms with E-state index in [0.29, 0.717) is 24.5 Å². The first-order valence-corrected chi connectivity index (χ1v) is 5.45. The van der Waals surface area contributed by atoms with Crippen molar-refractivity contribution in [1.29, 1.82) is 0 Å². The van der Waals surface area contributed by atoms with Gasteiger partial charge < -0.3 is 0 Å². The summed E-state index contributed by atoms with van der Waals surface area (Å²) >= 11 is 0. The molecular weight excluding hydrogens is 232 g/mol. The van der Waals surface area contributed by atoms with Crippen LogP contribution in [-0.2, 0) is 12.6 Å². The molecule has 96 valence electrons. The summed E-state index contributed by atoms with van der Waals surface area (Å²) < 4.78 is 50.4. The van der Waals surface area contributed by atoms with E-state index < -0.39 is 17.6 Å². The Hall–Kier alpha value is -1.06. The Morgan fingerprint density at radius 2 is 1.59 bits per heavy atom. The predicted molar refractivity (Wildman–Crippen MR) is 59.2 cm³/mol. The number of halogens is 4. The highest BCUT2D eigenvalue weighted by molar-refractivity contribution is 5.27. The Kier molecular flexibility index (Phi) is 3.84. The molecule has 0 radical (unpaired) electrons. The molecule has 0 unspecified atom stereocenters. The maximum Gasteiger partial charge on any atom is 0.416 e. The van der Waals surface area contributed by atoms with E-state index in [9.17, 15) is 17.6 Å². The second-order valence-corrected chi connectivity index (χ2v) is 5.41. The van der Waals surface area contributed by atoms with Gasteiger partial charge in [-0.25, -0.2) is 4.39 Å². The minimum absolute atomic E-state index is 0.0186. The number of benzene rings is 1. The Morgan fingerprint density at radius 1 is 1.00 bits per heavy atom. The van der Waals surface area contributed by atoms with E-state index >= 15 is 0 Å². The summed E-state index contributed by atoms with van der Waals surface area (Å²) in [7, 11) is 0. The molecule has 0 heterocycles. The van der Waals surface area contributed by atoms with E-state index in [1.165, 1.54) is 6.07 Å². The average molecular weight is 248 g/mol. The molecule has 0 bridgehead atoms. The minimum Gasteiger partial charge on any atom is -0.207 e. The van der Waals surface area contributed by atoms with Gasteiger partial charge in [-0.05, 0) is 42.0 Å². The fourth-order valence-corrected chi connectivity index (χ4v) is 1.48. The molecule has 0 saturated carbocycles. The predicted octanol–water partition coefficient (Wildman–Crippen LogP) is 4.82. The van der Waals surface area contributed by atoms with Gasteiger partial charge in [-0.3, -0.25) is 0 Å². The Bertz CT molecular complexity index is 385. The van der Waals surface area contributed by atoms with Crippen molar-refractivity contribution in [3.05, 3.63) is 35.1 Å². The molecule has 0 fully saturated rings. The third-order valence-corrected chi connectivity index (χ3v) is 2.45. The van der Waals surface area contributed by atoms with Crippen molar-refractivity contribution in [2.45, 2.75) is 39.8 Å². The zero-order chi connectivity index (χ0) is 13.3. The monoisotopic (exact) mass is 248 g/mol. The number of hydrogen-bond donors (Lipinski definition) is 0. The van der Waals surface area contributed by atoms with Crippen LogP contribution in [0.25, 0.3) is 0 Å². The van der Waals surface area contributed by atoms with E-state index in [0.717, 1.165) is 6.07 Å². The number of alkyl halides is 3. The first-order valence-electron chi connectivity index (χ1n) is 5.45. The van der Waals surface area contributed by atoms with Gasteiger partial charge in [-0.2, -0.15) is 13.2 Å². The standard InChI is InChI=1S/C13H16F4/c1-12(2,3)5-4-9-6-10(13(15,16)17)8-11(14)7-9/h6-8H,4-5H2,1-3H3. The molecule has 0 spiro atoms. The van der Waals surface area contributed by atoms with Gasteiger partial charge in [0.15, 0.2) is 0 Å². The summed E-state index contributed by atoms with van der Waals surface area (Å²) in [4.78, 5) is 0. The van der Waals surface area contributed by atoms with Gasteiger partial charge in [0.25, 0.3) is 0 Å². The van der Waals surface area contributed by atoms with Gasteiger partial charge in [-0.15, -0.1) is 0 Å². The van der Waals surface area contributed by atoms with Crippen LogP contribution in [0.3, 0.4) is 0 Å². The molecule has 1 aromatic carbocycles. The Labute approximate surface area is 98.6 Å². The summed E-state index contributed by atoms with van der Waals surface area (Å²) in [6.07, 6.45) is -3.32. The number of aryl methyl sites for hydroxylation is 1. The average Bonchev–Trinajstić information content (AvgIpc) is 2.11. The maximum absolute atomic E-state index is 13.1. The van der Waals surface area contributed by atoms with E-state index in [1.807, 2.05) is 20.8 Å². The number of rotatable bonds is 2. The van der Waals surface area contributed by atoms with Crippen molar-refractivity contribution in [2.75, 3.05) is 0 Å². The molecule has 0 atom stereocenters. The van der Waals surface area contributed by atoms with Gasteiger partial charge >= 0.3 is 6.18 Å². The van der Waals surface area contributed by atoms with Gasteiger partial charge in [0.05, 0.1) is 5.56 Å². The molecular formula is C13H16F4. The second kappa shape index (κ2) is 4.67. The van der Waals surface area contributed by atoms with Crippen LogP contribution >= 0.6 is 0 Å². The summed E-state index contributed by atoms with van der Waals surface area (Å²) in [6, 6.07) is 2.72. The highest BCUT2D eigenvalue weighted by atomic mass is 19.4. The molecule has 0 N–H and O–H groups in total. The van der Waals surface area contributed by atoms with Crippen LogP contribution in [0.15, 0.2) is 18.2 Å². The first-order chi connectivity index (χ1) is 7.58. The maximum atomic E-state index is 13.1. The normalized spacial score (nSPS) is 12.9. The molecule has 0 amide bonds. The molecule has 0 aromatic heterocycles. The highest BCUT2D eigenvalue weighted by Gasteiger charge is 2.31. The SMILES string of the molecule is CC(C)(C)CCc1cc(F)cc(C(F)(F)F)c1. The van der Waals surface area contributed by atoms with Crippen molar-refractivity contribution in [1.82, 2.24) is 0 Å². The third kappa shape index (κ3) is 4.75. The van der Waals surface area contributed by atoms with Crippen LogP contribution in [0.2, 0.25) is 0 Å². The molecule has 0 nitrogen and oxygen atoms in total. The van der Waals surface area contributed by atoms with Crippen molar-refractivity contribution >= 4 is 0 Å². The molecule has 0 aliphatic rings. The van der Waals surface area contributed by atoms with E-state index in [-0.39, 0.29) is 5.41 Å². The minimum atomic E-state index is -4.49. The summed E-state index contributed by atoms with van der Waals surface area (Å²) in [5.74, 6) is -0.830. The Morgan fingerprint density at radius 3 is 2.06 bits per heavy atom. The van der Waals surface area contributed by atoms with E-state index in [2.05, 4.69) is 0 Å². The highest BCUT2D eigenvalue weighted by Crippen LogP contribution is 2.31. The van der Waals surface area contributed by atoms with Crippen LogP contribution in [0.1, 0.15) is 38.3 Å². The number of hydrogen-bond acceptors (Lipinski definition) is 0. The molecule has 4 heteroatoms. The van der Waals surface area contributed by atoms with Crippen LogP contribution in [0, 0.1) is 11.2 Å². The van der Waals surface area contributed by atoms with Gasteiger partial charge in [-0.1, -0.05) is 20.8 Å². The van der Waals surface area contributed by atoms with Crippen molar-refractivity contribution < 1.29 is 17.6 Å². The summed E-state index contributed by atoms with van der Waals surface area (Å²) in [5.41, 5.74) is -0.501. The lowest BCUT2D eigenvalue weighted by atomic mass is 9.88. The van der Waals surface area contributed by atoms with E-state index in [4.69, 9.17) is 0 Å². The van der Waals surface area contributed by atoms with Crippen LogP contribution < -0.4 is 0 Å². The molecule has 1 rings (SSSR count). The molecule has 0 aliphatic heterocycles. The topological polar surface area (TPSA) is 0 Å². The smallest absolute Gasteiger partial charge is 0.207 e. The molecule has 0 saturated heterocycles. The fraction of sp³-hybridized carbons (Fsp3) is 0.538. The summed E-state index contributed by atoms with van der Waals surface area (Å²) in [6.45, 7) is 5.99. The van der Waals surface area contributed by atoms with Crippen LogP contribution in [-0.4, -0.2) is 0 Å². The van der Waals surface area contributed by atoms with Crippen molar-refractivity contribution in [3.8, 4) is 0 Å². The quantitative estimate of drug-likeness (QED) is 0.658. The van der Waals surface area contributed by atoms with Gasteiger partial charge in [0, 0.05) is 0 Å². The van der Waals surface area contributed by atoms with Gasteiger partial charge in [0.2, 0.25) is 0 Å². The molecule has 0 aliphatic carbocycles. The van der Waals surface area contributed by atoms with Crippen LogP contribution in [0.4, 0.5) is 17.6 Å². The largest absolute Gasteiger partial charge is 0.416 e. The molecule has 1 aromatic rings. The zero-order valence-corrected chi connectivity index (χ0v) is 10.2. The van der Waals surface area contributed by atoms with Crippen molar-refractivity contribution in [3.63, 3.8) is 0 Å². The lowest BCUT2D eigenvalue weighted by molar-refractivity contribution is -0.137. The van der Waals surface area contributed by atoms with Gasteiger partial charge in [0.1, 0.15) is 5.82 Å². The fourth-order valence-electron chi connectivity index (χ4n) is 1.48. The first kappa shape index (κ1) is 14.0. The summed E-state index contributed by atoms with van der Waals surface area (Å²) in [5, 5.41) is 0. The zero-order valence-electron chi connectivity index (χ0n) is 10.2. The molecule has 17 heavy (non-hydrogen) atoms. The van der Waals surface area contributed by atoms with E-state index in [1.54, 1.807) is 0 Å². The lowest BCUT2D eigenvalue weighted by Crippen LogP contribution is -2.09.